The van der Waals surface area contributed by atoms with E-state index >= 15 is 0 Å². The molecule has 0 spiro atoms. The van der Waals surface area contributed by atoms with Crippen molar-refractivity contribution >= 4 is 28.5 Å². The summed E-state index contributed by atoms with van der Waals surface area (Å²) >= 11 is 0. The Balaban J connectivity index is 2.12. The van der Waals surface area contributed by atoms with Gasteiger partial charge < -0.3 is 10.2 Å². The largest absolute Gasteiger partial charge is 0.465 e. The van der Waals surface area contributed by atoms with Crippen molar-refractivity contribution in [2.45, 2.75) is 0 Å². The normalized spacial score (nSPS) is 11.7. The number of carbonyl (C=O) groups is 1. The van der Waals surface area contributed by atoms with Gasteiger partial charge in [-0.2, -0.15) is 0 Å². The summed E-state index contributed by atoms with van der Waals surface area (Å²) < 4.78 is 5.20. The minimum Gasteiger partial charge on any atom is -0.465 e. The highest BCUT2D eigenvalue weighted by Crippen LogP contribution is 2.19. The van der Waals surface area contributed by atoms with E-state index < -0.39 is 5.91 Å². The van der Waals surface area contributed by atoms with Crippen molar-refractivity contribution in [1.82, 2.24) is 9.97 Å². The Morgan fingerprint density at radius 1 is 1.25 bits per heavy atom. The molecule has 0 fully saturated rings. The fourth-order valence-electron chi connectivity index (χ4n) is 1.90. The lowest BCUT2D eigenvalue weighted by Crippen LogP contribution is -2.13. The molecule has 3 rings (SSSR count). The van der Waals surface area contributed by atoms with Gasteiger partial charge in [0.2, 0.25) is 0 Å². The van der Waals surface area contributed by atoms with E-state index in [-0.39, 0.29) is 0 Å². The topological polar surface area (TPSA) is 82.0 Å². The van der Waals surface area contributed by atoms with Crippen LogP contribution in [0.4, 0.5) is 0 Å². The molecular formula is C15H11N3O2. The molecule has 0 saturated heterocycles. The van der Waals surface area contributed by atoms with Crippen molar-refractivity contribution in [2.75, 3.05) is 0 Å². The maximum Gasteiger partial charge on any atom is 0.251 e. The minimum absolute atomic E-state index is 0.304. The van der Waals surface area contributed by atoms with Gasteiger partial charge in [-0.3, -0.25) is 9.78 Å². The number of primary amides is 1. The number of nitrogens with two attached hydrogens (primary N) is 1. The first kappa shape index (κ1) is 12.1. The molecule has 2 N–H and O–H groups in total. The van der Waals surface area contributed by atoms with E-state index in [4.69, 9.17) is 10.2 Å². The number of hydrogen-bond donors (Lipinski definition) is 1. The zero-order valence-corrected chi connectivity index (χ0v) is 10.5. The quantitative estimate of drug-likeness (QED) is 0.736. The van der Waals surface area contributed by atoms with Gasteiger partial charge in [-0.1, -0.05) is 0 Å². The van der Waals surface area contributed by atoms with Crippen LogP contribution >= 0.6 is 0 Å². The van der Waals surface area contributed by atoms with E-state index in [1.165, 1.54) is 6.26 Å². The maximum atomic E-state index is 11.6. The lowest BCUT2D eigenvalue weighted by atomic mass is 10.1. The van der Waals surface area contributed by atoms with Gasteiger partial charge in [0, 0.05) is 17.8 Å². The Bertz CT molecular complexity index is 792. The predicted octanol–water partition coefficient (Wildman–Crippen LogP) is 2.25. The van der Waals surface area contributed by atoms with Gasteiger partial charge >= 0.3 is 0 Å². The number of furan rings is 1. The lowest BCUT2D eigenvalue weighted by Gasteiger charge is -2.04. The highest BCUT2D eigenvalue weighted by atomic mass is 16.3. The number of aromatic nitrogens is 2. The molecule has 98 valence electrons. The number of fused-ring (bicyclic) bond motifs is 1. The van der Waals surface area contributed by atoms with Crippen molar-refractivity contribution in [3.05, 3.63) is 60.4 Å². The third kappa shape index (κ3) is 2.29. The van der Waals surface area contributed by atoms with E-state index in [1.54, 1.807) is 42.7 Å². The van der Waals surface area contributed by atoms with Crippen molar-refractivity contribution in [3.8, 4) is 0 Å². The lowest BCUT2D eigenvalue weighted by molar-refractivity contribution is -0.112. The third-order valence-corrected chi connectivity index (χ3v) is 2.86. The van der Waals surface area contributed by atoms with E-state index in [0.717, 1.165) is 10.9 Å². The van der Waals surface area contributed by atoms with Crippen molar-refractivity contribution in [2.24, 2.45) is 5.73 Å². The Kier molecular flexibility index (Phi) is 3.01. The van der Waals surface area contributed by atoms with E-state index in [0.29, 0.717) is 17.0 Å². The molecule has 0 radical (unpaired) electrons. The van der Waals surface area contributed by atoms with Gasteiger partial charge in [0.05, 0.1) is 23.0 Å². The van der Waals surface area contributed by atoms with E-state index in [9.17, 15) is 4.79 Å². The smallest absolute Gasteiger partial charge is 0.251 e. The Morgan fingerprint density at radius 2 is 2.15 bits per heavy atom. The van der Waals surface area contributed by atoms with Crippen LogP contribution in [0.1, 0.15) is 11.5 Å². The summed E-state index contributed by atoms with van der Waals surface area (Å²) in [5.41, 5.74) is 6.99. The second-order valence-electron chi connectivity index (χ2n) is 4.20. The monoisotopic (exact) mass is 265 g/mol. The van der Waals surface area contributed by atoms with Crippen molar-refractivity contribution in [3.63, 3.8) is 0 Å². The summed E-state index contributed by atoms with van der Waals surface area (Å²) in [6.45, 7) is 0. The summed E-state index contributed by atoms with van der Waals surface area (Å²) in [7, 11) is 0. The van der Waals surface area contributed by atoms with Crippen LogP contribution in [0.3, 0.4) is 0 Å². The highest BCUT2D eigenvalue weighted by Gasteiger charge is 2.11. The number of nitrogens with zero attached hydrogens (tertiary/aromatic N) is 2. The van der Waals surface area contributed by atoms with Gasteiger partial charge in [0.25, 0.3) is 5.91 Å². The number of amides is 1. The second kappa shape index (κ2) is 4.97. The number of carbonyl (C=O) groups excluding carboxylic acids is 1. The van der Waals surface area contributed by atoms with Crippen LogP contribution in [-0.2, 0) is 4.79 Å². The third-order valence-electron chi connectivity index (χ3n) is 2.86. The summed E-state index contributed by atoms with van der Waals surface area (Å²) in [6.07, 6.45) is 6.48. The van der Waals surface area contributed by atoms with Gasteiger partial charge in [-0.05, 0) is 36.4 Å². The molecule has 0 saturated carbocycles. The van der Waals surface area contributed by atoms with E-state index in [2.05, 4.69) is 9.97 Å². The first-order chi connectivity index (χ1) is 9.74. The molecule has 3 aromatic rings. The zero-order chi connectivity index (χ0) is 13.9. The highest BCUT2D eigenvalue weighted by molar-refractivity contribution is 6.23. The van der Waals surface area contributed by atoms with Crippen molar-refractivity contribution in [1.29, 1.82) is 0 Å². The molecule has 5 nitrogen and oxygen atoms in total. The van der Waals surface area contributed by atoms with Crippen molar-refractivity contribution < 1.29 is 9.21 Å². The fraction of sp³-hybridized carbons (Fsp3) is 0. The van der Waals surface area contributed by atoms with Crippen LogP contribution in [0.2, 0.25) is 0 Å². The fourth-order valence-corrected chi connectivity index (χ4v) is 1.90. The summed E-state index contributed by atoms with van der Waals surface area (Å²) in [6, 6.07) is 8.86. The molecule has 3 heterocycles. The van der Waals surface area contributed by atoms with Crippen LogP contribution in [0.25, 0.3) is 22.6 Å². The molecule has 20 heavy (non-hydrogen) atoms. The van der Waals surface area contributed by atoms with Gasteiger partial charge in [0.15, 0.2) is 0 Å². The average molecular weight is 265 g/mol. The standard InChI is InChI=1S/C15H11N3O2/c16-15(19)12(8-11-2-1-7-20-11)14-4-3-10-9-17-6-5-13(10)18-14/h1-9H,(H2,16,19)/b12-8-. The molecular weight excluding hydrogens is 254 g/mol. The Morgan fingerprint density at radius 3 is 2.90 bits per heavy atom. The SMILES string of the molecule is NC(=O)/C(=C\c1ccco1)c1ccc2cnccc2n1. The molecule has 3 aromatic heterocycles. The van der Waals surface area contributed by atoms with Crippen LogP contribution in [-0.4, -0.2) is 15.9 Å². The Labute approximate surface area is 114 Å². The minimum atomic E-state index is -0.553. The molecule has 0 aliphatic heterocycles. The summed E-state index contributed by atoms with van der Waals surface area (Å²) in [4.78, 5) is 20.1. The zero-order valence-electron chi connectivity index (χ0n) is 10.5. The average Bonchev–Trinajstić information content (AvgIpc) is 2.97. The second-order valence-corrected chi connectivity index (χ2v) is 4.20. The van der Waals surface area contributed by atoms with Crippen LogP contribution in [0, 0.1) is 0 Å². The molecule has 0 aromatic carbocycles. The van der Waals surface area contributed by atoms with Crippen LogP contribution in [0.5, 0.6) is 0 Å². The molecule has 0 unspecified atom stereocenters. The first-order valence-electron chi connectivity index (χ1n) is 6.00. The number of rotatable bonds is 3. The number of pyridine rings is 2. The first-order valence-corrected chi connectivity index (χ1v) is 6.00. The molecule has 1 amide bonds. The predicted molar refractivity (Wildman–Crippen MR) is 75.3 cm³/mol. The molecule has 0 atom stereocenters. The molecule has 0 bridgehead atoms. The van der Waals surface area contributed by atoms with Crippen LogP contribution < -0.4 is 5.73 Å². The van der Waals surface area contributed by atoms with Gasteiger partial charge in [-0.15, -0.1) is 0 Å². The molecule has 5 heteroatoms. The van der Waals surface area contributed by atoms with Gasteiger partial charge in [0.1, 0.15) is 5.76 Å². The maximum absolute atomic E-state index is 11.6. The van der Waals surface area contributed by atoms with Crippen LogP contribution in [0.15, 0.2) is 53.4 Å². The van der Waals surface area contributed by atoms with E-state index in [1.807, 2.05) is 6.07 Å². The summed E-state index contributed by atoms with van der Waals surface area (Å²) in [5, 5.41) is 0.901. The Hall–Kier alpha value is -2.95. The molecule has 0 aliphatic carbocycles. The van der Waals surface area contributed by atoms with Gasteiger partial charge in [-0.25, -0.2) is 4.98 Å². The number of hydrogen-bond acceptors (Lipinski definition) is 4. The summed E-state index contributed by atoms with van der Waals surface area (Å²) in [5.74, 6) is -0.00210. The molecule has 0 aliphatic rings.